The molecule has 19 heavy (non-hydrogen) atoms. The molecule has 2 N–H and O–H groups in total. The summed E-state index contributed by atoms with van der Waals surface area (Å²) in [7, 11) is 0. The first-order chi connectivity index (χ1) is 9.29. The molecule has 0 aromatic carbocycles. The lowest BCUT2D eigenvalue weighted by molar-refractivity contribution is 0.962. The van der Waals surface area contributed by atoms with E-state index in [2.05, 4.69) is 39.4 Å². The fraction of sp³-hybridized carbons (Fsp3) is 0.357. The average molecular weight is 257 g/mol. The first-order valence-electron chi connectivity index (χ1n) is 6.49. The van der Waals surface area contributed by atoms with E-state index in [9.17, 15) is 0 Å². The molecule has 0 saturated heterocycles. The van der Waals surface area contributed by atoms with E-state index in [1.54, 1.807) is 18.6 Å². The number of hydrogen-bond donors (Lipinski definition) is 2. The van der Waals surface area contributed by atoms with E-state index >= 15 is 0 Å². The number of aryl methyl sites for hydroxylation is 1. The summed E-state index contributed by atoms with van der Waals surface area (Å²) in [6.07, 6.45) is 8.19. The molecule has 2 aromatic rings. The summed E-state index contributed by atoms with van der Waals surface area (Å²) < 4.78 is 0. The first kappa shape index (κ1) is 13.3. The quantitative estimate of drug-likeness (QED) is 0.833. The highest BCUT2D eigenvalue weighted by atomic mass is 15.1. The predicted molar refractivity (Wildman–Crippen MR) is 77.1 cm³/mol. The van der Waals surface area contributed by atoms with Gasteiger partial charge in [-0.3, -0.25) is 9.97 Å². The molecular weight excluding hydrogens is 238 g/mol. The van der Waals surface area contributed by atoms with Gasteiger partial charge in [-0.05, 0) is 30.5 Å². The van der Waals surface area contributed by atoms with Crippen LogP contribution in [0.15, 0.2) is 30.9 Å². The topological polar surface area (TPSA) is 62.7 Å². The number of aromatic nitrogens is 3. The molecule has 2 aromatic heterocycles. The van der Waals surface area contributed by atoms with Crippen molar-refractivity contribution in [3.8, 4) is 0 Å². The van der Waals surface area contributed by atoms with Crippen LogP contribution in [0.25, 0.3) is 0 Å². The molecule has 0 aliphatic heterocycles. The Kier molecular flexibility index (Phi) is 4.66. The lowest BCUT2D eigenvalue weighted by atomic mass is 10.2. The summed E-state index contributed by atoms with van der Waals surface area (Å²) in [5.41, 5.74) is 2.38. The zero-order chi connectivity index (χ0) is 13.5. The third kappa shape index (κ3) is 3.91. The van der Waals surface area contributed by atoms with Gasteiger partial charge in [0.1, 0.15) is 11.6 Å². The second-order valence-corrected chi connectivity index (χ2v) is 4.37. The van der Waals surface area contributed by atoms with Crippen LogP contribution in [-0.4, -0.2) is 21.5 Å². The van der Waals surface area contributed by atoms with E-state index in [4.69, 9.17) is 0 Å². The van der Waals surface area contributed by atoms with Gasteiger partial charge < -0.3 is 10.6 Å². The number of anilines is 2. The molecule has 0 spiro atoms. The standard InChI is InChI=1S/C14H19N5/c1-3-5-17-13-9-16-10-14(19-13)18-8-12-7-15-6-4-11(12)2/h4,6-7,9-10H,3,5,8H2,1-2H3,(H2,17,18,19). The zero-order valence-electron chi connectivity index (χ0n) is 11.3. The minimum atomic E-state index is 0.700. The number of pyridine rings is 1. The lowest BCUT2D eigenvalue weighted by Gasteiger charge is -2.09. The highest BCUT2D eigenvalue weighted by molar-refractivity contribution is 5.42. The van der Waals surface area contributed by atoms with Crippen LogP contribution in [-0.2, 0) is 6.54 Å². The van der Waals surface area contributed by atoms with E-state index in [0.717, 1.165) is 30.2 Å². The maximum atomic E-state index is 4.45. The largest absolute Gasteiger partial charge is 0.369 e. The monoisotopic (exact) mass is 257 g/mol. The minimum Gasteiger partial charge on any atom is -0.369 e. The second-order valence-electron chi connectivity index (χ2n) is 4.37. The normalized spacial score (nSPS) is 10.2. The van der Waals surface area contributed by atoms with Crippen molar-refractivity contribution in [2.45, 2.75) is 26.8 Å². The van der Waals surface area contributed by atoms with Crippen molar-refractivity contribution in [3.63, 3.8) is 0 Å². The van der Waals surface area contributed by atoms with Crippen LogP contribution in [0.2, 0.25) is 0 Å². The van der Waals surface area contributed by atoms with Crippen LogP contribution in [0.3, 0.4) is 0 Å². The third-order valence-corrected chi connectivity index (χ3v) is 2.80. The molecule has 5 heteroatoms. The van der Waals surface area contributed by atoms with Crippen molar-refractivity contribution >= 4 is 11.6 Å². The van der Waals surface area contributed by atoms with Gasteiger partial charge in [0.2, 0.25) is 0 Å². The van der Waals surface area contributed by atoms with E-state index in [-0.39, 0.29) is 0 Å². The summed E-state index contributed by atoms with van der Waals surface area (Å²) in [5, 5.41) is 6.48. The molecule has 0 radical (unpaired) electrons. The summed E-state index contributed by atoms with van der Waals surface area (Å²) in [5.74, 6) is 1.57. The van der Waals surface area contributed by atoms with Gasteiger partial charge in [-0.25, -0.2) is 4.98 Å². The van der Waals surface area contributed by atoms with Gasteiger partial charge >= 0.3 is 0 Å². The van der Waals surface area contributed by atoms with E-state index in [0.29, 0.717) is 6.54 Å². The Balaban J connectivity index is 1.98. The summed E-state index contributed by atoms with van der Waals surface area (Å²) in [4.78, 5) is 12.7. The Morgan fingerprint density at radius 3 is 2.58 bits per heavy atom. The van der Waals surface area contributed by atoms with Crippen molar-refractivity contribution in [2.24, 2.45) is 0 Å². The van der Waals surface area contributed by atoms with E-state index in [1.807, 2.05) is 12.3 Å². The Labute approximate surface area is 113 Å². The molecule has 0 amide bonds. The maximum Gasteiger partial charge on any atom is 0.147 e. The van der Waals surface area contributed by atoms with Crippen molar-refractivity contribution in [1.29, 1.82) is 0 Å². The molecule has 2 heterocycles. The van der Waals surface area contributed by atoms with Crippen LogP contribution < -0.4 is 10.6 Å². The van der Waals surface area contributed by atoms with E-state index < -0.39 is 0 Å². The maximum absolute atomic E-state index is 4.45. The lowest BCUT2D eigenvalue weighted by Crippen LogP contribution is -2.07. The van der Waals surface area contributed by atoms with Crippen molar-refractivity contribution in [1.82, 2.24) is 15.0 Å². The molecule has 2 rings (SSSR count). The van der Waals surface area contributed by atoms with Gasteiger partial charge in [-0.2, -0.15) is 0 Å². The number of rotatable bonds is 6. The predicted octanol–water partition coefficient (Wildman–Crippen LogP) is 2.61. The summed E-state index contributed by atoms with van der Waals surface area (Å²) >= 11 is 0. The van der Waals surface area contributed by atoms with Crippen LogP contribution in [0.1, 0.15) is 24.5 Å². The van der Waals surface area contributed by atoms with Gasteiger partial charge in [0, 0.05) is 25.5 Å². The van der Waals surface area contributed by atoms with Crippen LogP contribution >= 0.6 is 0 Å². The molecule has 0 aliphatic carbocycles. The Bertz CT molecular complexity index is 527. The molecular formula is C14H19N5. The second kappa shape index (κ2) is 6.68. The Hall–Kier alpha value is -2.17. The number of hydrogen-bond acceptors (Lipinski definition) is 5. The molecule has 0 aliphatic rings. The fourth-order valence-electron chi connectivity index (χ4n) is 1.66. The molecule has 5 nitrogen and oxygen atoms in total. The van der Waals surface area contributed by atoms with Crippen LogP contribution in [0.4, 0.5) is 11.6 Å². The van der Waals surface area contributed by atoms with Gasteiger partial charge in [0.15, 0.2) is 0 Å². The van der Waals surface area contributed by atoms with Gasteiger partial charge in [0.25, 0.3) is 0 Å². The van der Waals surface area contributed by atoms with Crippen LogP contribution in [0, 0.1) is 6.92 Å². The molecule has 100 valence electrons. The van der Waals surface area contributed by atoms with Gasteiger partial charge in [-0.1, -0.05) is 6.92 Å². The molecule has 0 unspecified atom stereocenters. The molecule has 0 bridgehead atoms. The van der Waals surface area contributed by atoms with Gasteiger partial charge in [0.05, 0.1) is 12.4 Å². The smallest absolute Gasteiger partial charge is 0.147 e. The van der Waals surface area contributed by atoms with Crippen molar-refractivity contribution in [2.75, 3.05) is 17.2 Å². The number of nitrogens with zero attached hydrogens (tertiary/aromatic N) is 3. The SMILES string of the molecule is CCCNc1cncc(NCc2cnccc2C)n1. The fourth-order valence-corrected chi connectivity index (χ4v) is 1.66. The van der Waals surface area contributed by atoms with Gasteiger partial charge in [-0.15, -0.1) is 0 Å². The van der Waals surface area contributed by atoms with Crippen molar-refractivity contribution in [3.05, 3.63) is 42.0 Å². The van der Waals surface area contributed by atoms with Crippen molar-refractivity contribution < 1.29 is 0 Å². The highest BCUT2D eigenvalue weighted by Gasteiger charge is 2.00. The highest BCUT2D eigenvalue weighted by Crippen LogP contribution is 2.10. The number of nitrogens with one attached hydrogen (secondary N) is 2. The van der Waals surface area contributed by atoms with Crippen LogP contribution in [0.5, 0.6) is 0 Å². The minimum absolute atomic E-state index is 0.700. The zero-order valence-corrected chi connectivity index (χ0v) is 11.3. The molecule has 0 fully saturated rings. The molecule has 0 saturated carbocycles. The summed E-state index contributed by atoms with van der Waals surface area (Å²) in [6, 6.07) is 2.00. The molecule has 0 atom stereocenters. The Morgan fingerprint density at radius 2 is 1.84 bits per heavy atom. The van der Waals surface area contributed by atoms with E-state index in [1.165, 1.54) is 5.56 Å². The Morgan fingerprint density at radius 1 is 1.05 bits per heavy atom. The third-order valence-electron chi connectivity index (χ3n) is 2.80. The average Bonchev–Trinajstić information content (AvgIpc) is 2.45. The summed E-state index contributed by atoms with van der Waals surface area (Å²) in [6.45, 7) is 5.79. The first-order valence-corrected chi connectivity index (χ1v) is 6.49.